The van der Waals surface area contributed by atoms with E-state index in [2.05, 4.69) is 32.5 Å². The summed E-state index contributed by atoms with van der Waals surface area (Å²) >= 11 is 7.13. The molecule has 1 aromatic carbocycles. The van der Waals surface area contributed by atoms with Gasteiger partial charge in [-0.3, -0.25) is 4.79 Å². The molecular formula is C27H31ClFN7O3S. The van der Waals surface area contributed by atoms with Gasteiger partial charge < -0.3 is 30.1 Å². The molecule has 2 aliphatic rings. The van der Waals surface area contributed by atoms with Crippen molar-refractivity contribution in [3.8, 4) is 0 Å². The zero-order valence-corrected chi connectivity index (χ0v) is 23.9. The van der Waals surface area contributed by atoms with Crippen LogP contribution in [0.1, 0.15) is 33.4 Å². The van der Waals surface area contributed by atoms with Crippen LogP contribution in [0.3, 0.4) is 0 Å². The van der Waals surface area contributed by atoms with Crippen molar-refractivity contribution in [1.82, 2.24) is 19.8 Å². The summed E-state index contributed by atoms with van der Waals surface area (Å²) in [6.45, 7) is 6.46. The molecule has 4 heterocycles. The van der Waals surface area contributed by atoms with Crippen LogP contribution in [-0.4, -0.2) is 90.6 Å². The van der Waals surface area contributed by atoms with Gasteiger partial charge in [0.15, 0.2) is 0 Å². The highest BCUT2D eigenvalue weighted by Gasteiger charge is 2.29. The molecule has 40 heavy (non-hydrogen) atoms. The Morgan fingerprint density at radius 2 is 1.93 bits per heavy atom. The number of thiophene rings is 1. The number of likely N-dealkylation sites (tertiary alicyclic amines) is 1. The van der Waals surface area contributed by atoms with Crippen LogP contribution in [-0.2, 0) is 4.74 Å². The van der Waals surface area contributed by atoms with Gasteiger partial charge in [-0.1, -0.05) is 11.6 Å². The van der Waals surface area contributed by atoms with Gasteiger partial charge in [-0.2, -0.15) is 9.97 Å². The van der Waals surface area contributed by atoms with Crippen molar-refractivity contribution in [2.75, 3.05) is 68.5 Å². The van der Waals surface area contributed by atoms with Crippen molar-refractivity contribution in [2.24, 2.45) is 0 Å². The van der Waals surface area contributed by atoms with Crippen LogP contribution in [0.15, 0.2) is 36.4 Å². The number of nitrogens with zero attached hydrogens (tertiary/aromatic N) is 5. The zero-order chi connectivity index (χ0) is 28.2. The van der Waals surface area contributed by atoms with E-state index in [-0.39, 0.29) is 28.5 Å². The fourth-order valence-corrected chi connectivity index (χ4v) is 5.65. The molecule has 2 fully saturated rings. The summed E-state index contributed by atoms with van der Waals surface area (Å²) < 4.78 is 19.4. The first kappa shape index (κ1) is 28.1. The Bertz CT molecular complexity index is 1380. The molecule has 0 saturated carbocycles. The Balaban J connectivity index is 1.32. The molecule has 0 aliphatic carbocycles. The van der Waals surface area contributed by atoms with E-state index in [4.69, 9.17) is 21.3 Å². The molecule has 13 heteroatoms. The third kappa shape index (κ3) is 6.62. The van der Waals surface area contributed by atoms with Crippen molar-refractivity contribution < 1.29 is 18.7 Å². The number of anilines is 4. The SMILES string of the molecule is CCOC(=O)c1ccc(Nc2cc(N3CCN(C)CC3)nc(N[C@H]3CCN(C(=O)c4ccc(Cl)cc4F)C3)n2)s1. The molecule has 5 rings (SSSR count). The highest BCUT2D eigenvalue weighted by atomic mass is 35.5. The van der Waals surface area contributed by atoms with Gasteiger partial charge in [0.2, 0.25) is 5.95 Å². The van der Waals surface area contributed by atoms with Crippen molar-refractivity contribution in [1.29, 1.82) is 0 Å². The van der Waals surface area contributed by atoms with E-state index in [1.54, 1.807) is 17.9 Å². The molecule has 1 atom stereocenters. The number of piperazine rings is 1. The lowest BCUT2D eigenvalue weighted by molar-refractivity contribution is 0.0532. The van der Waals surface area contributed by atoms with Gasteiger partial charge in [0.25, 0.3) is 5.91 Å². The van der Waals surface area contributed by atoms with Gasteiger partial charge >= 0.3 is 5.97 Å². The van der Waals surface area contributed by atoms with Crippen LogP contribution in [0, 0.1) is 5.82 Å². The van der Waals surface area contributed by atoms with E-state index < -0.39 is 5.82 Å². The van der Waals surface area contributed by atoms with Gasteiger partial charge in [-0.25, -0.2) is 9.18 Å². The summed E-state index contributed by atoms with van der Waals surface area (Å²) in [6.07, 6.45) is 0.666. The minimum Gasteiger partial charge on any atom is -0.462 e. The molecule has 2 aliphatic heterocycles. The summed E-state index contributed by atoms with van der Waals surface area (Å²) in [5, 5.41) is 7.67. The number of hydrogen-bond donors (Lipinski definition) is 2. The van der Waals surface area contributed by atoms with Crippen LogP contribution in [0.5, 0.6) is 0 Å². The van der Waals surface area contributed by atoms with Gasteiger partial charge in [-0.15, -0.1) is 11.3 Å². The second kappa shape index (κ2) is 12.4. The number of amides is 1. The zero-order valence-electron chi connectivity index (χ0n) is 22.3. The van der Waals surface area contributed by atoms with Crippen LogP contribution in [0.4, 0.5) is 27.0 Å². The Kier molecular flexibility index (Phi) is 8.67. The lowest BCUT2D eigenvalue weighted by Gasteiger charge is -2.33. The van der Waals surface area contributed by atoms with E-state index in [0.29, 0.717) is 42.8 Å². The van der Waals surface area contributed by atoms with Crippen molar-refractivity contribution >= 4 is 57.4 Å². The number of aromatic nitrogens is 2. The fraction of sp³-hybridized carbons (Fsp3) is 0.407. The van der Waals surface area contributed by atoms with E-state index in [9.17, 15) is 14.0 Å². The maximum Gasteiger partial charge on any atom is 0.348 e. The molecule has 0 spiro atoms. The molecule has 0 bridgehead atoms. The summed E-state index contributed by atoms with van der Waals surface area (Å²) in [4.78, 5) is 41.1. The number of ether oxygens (including phenoxy) is 1. The monoisotopic (exact) mass is 587 g/mol. The average molecular weight is 588 g/mol. The van der Waals surface area contributed by atoms with Crippen LogP contribution in [0.2, 0.25) is 5.02 Å². The highest BCUT2D eigenvalue weighted by Crippen LogP contribution is 2.29. The molecule has 10 nitrogen and oxygen atoms in total. The largest absolute Gasteiger partial charge is 0.462 e. The number of halogens is 2. The van der Waals surface area contributed by atoms with Gasteiger partial charge in [0.1, 0.15) is 22.3 Å². The second-order valence-electron chi connectivity index (χ2n) is 9.74. The lowest BCUT2D eigenvalue weighted by Crippen LogP contribution is -2.45. The summed E-state index contributed by atoms with van der Waals surface area (Å²) in [5.41, 5.74) is 0.00276. The molecule has 3 aromatic rings. The molecule has 1 amide bonds. The lowest BCUT2D eigenvalue weighted by atomic mass is 10.2. The van der Waals surface area contributed by atoms with Crippen LogP contribution in [0.25, 0.3) is 0 Å². The van der Waals surface area contributed by atoms with Crippen LogP contribution < -0.4 is 15.5 Å². The Labute approximate surface area is 241 Å². The first-order valence-corrected chi connectivity index (χ1v) is 14.4. The first-order valence-electron chi connectivity index (χ1n) is 13.2. The number of benzene rings is 1. The maximum atomic E-state index is 14.3. The Hall–Kier alpha value is -3.48. The molecule has 212 valence electrons. The summed E-state index contributed by atoms with van der Waals surface area (Å²) in [6, 6.07) is 9.41. The minimum atomic E-state index is -0.632. The van der Waals surface area contributed by atoms with Gasteiger partial charge in [0.05, 0.1) is 17.2 Å². The average Bonchev–Trinajstić information content (AvgIpc) is 3.59. The highest BCUT2D eigenvalue weighted by molar-refractivity contribution is 7.17. The fourth-order valence-electron chi connectivity index (χ4n) is 4.68. The third-order valence-electron chi connectivity index (χ3n) is 6.84. The normalized spacial score (nSPS) is 17.6. The van der Waals surface area contributed by atoms with Gasteiger partial charge in [0, 0.05) is 56.4 Å². The van der Waals surface area contributed by atoms with Crippen molar-refractivity contribution in [3.63, 3.8) is 0 Å². The topological polar surface area (TPSA) is 103 Å². The Morgan fingerprint density at radius 3 is 2.67 bits per heavy atom. The third-order valence-corrected chi connectivity index (χ3v) is 8.06. The molecule has 2 aromatic heterocycles. The number of esters is 1. The molecule has 0 unspecified atom stereocenters. The number of hydrogen-bond acceptors (Lipinski definition) is 10. The summed E-state index contributed by atoms with van der Waals surface area (Å²) in [7, 11) is 2.10. The number of carbonyl (C=O) groups is 2. The van der Waals surface area contributed by atoms with Crippen molar-refractivity contribution in [3.05, 3.63) is 57.7 Å². The predicted octanol–water partition coefficient (Wildman–Crippen LogP) is 4.33. The minimum absolute atomic E-state index is 0.00276. The smallest absolute Gasteiger partial charge is 0.348 e. The van der Waals surface area contributed by atoms with E-state index in [1.165, 1.54) is 23.5 Å². The number of likely N-dealkylation sites (N-methyl/N-ethyl adjacent to an activating group) is 1. The van der Waals surface area contributed by atoms with Gasteiger partial charge in [-0.05, 0) is 50.7 Å². The quantitative estimate of drug-likeness (QED) is 0.373. The molecule has 0 radical (unpaired) electrons. The molecule has 2 N–H and O–H groups in total. The first-order chi connectivity index (χ1) is 19.3. The number of rotatable bonds is 8. The molecular weight excluding hydrogens is 557 g/mol. The predicted molar refractivity (Wildman–Crippen MR) is 155 cm³/mol. The summed E-state index contributed by atoms with van der Waals surface area (Å²) in [5.74, 6) is 0.429. The van der Waals surface area contributed by atoms with E-state index in [1.807, 2.05) is 12.1 Å². The Morgan fingerprint density at radius 1 is 1.12 bits per heavy atom. The van der Waals surface area contributed by atoms with E-state index >= 15 is 0 Å². The standard InChI is InChI=1S/C27H31ClFN7O3S/c1-3-39-26(38)21-6-7-24(40-21)31-22-15-23(35-12-10-34(2)11-13-35)33-27(32-22)30-18-8-9-36(16-18)25(37)19-5-4-17(28)14-20(19)29/h4-7,14-15,18H,3,8-13,16H2,1-2H3,(H2,30,31,32,33)/t18-/m0/s1. The number of carbonyl (C=O) groups excluding carboxylic acids is 2. The maximum absolute atomic E-state index is 14.3. The molecule has 2 saturated heterocycles. The second-order valence-corrected chi connectivity index (χ2v) is 11.3. The van der Waals surface area contributed by atoms with Crippen LogP contribution >= 0.6 is 22.9 Å². The van der Waals surface area contributed by atoms with E-state index in [0.717, 1.165) is 43.1 Å². The van der Waals surface area contributed by atoms with Crippen molar-refractivity contribution in [2.45, 2.75) is 19.4 Å². The number of nitrogens with one attached hydrogen (secondary N) is 2.